The number of anilines is 1. The van der Waals surface area contributed by atoms with E-state index in [4.69, 9.17) is 10.5 Å². The number of sulfone groups is 1. The van der Waals surface area contributed by atoms with E-state index in [9.17, 15) is 26.2 Å². The van der Waals surface area contributed by atoms with Crippen molar-refractivity contribution in [3.63, 3.8) is 0 Å². The van der Waals surface area contributed by atoms with Crippen LogP contribution in [0.25, 0.3) is 0 Å². The highest BCUT2D eigenvalue weighted by molar-refractivity contribution is 7.92. The maximum atomic E-state index is 13.9. The fraction of sp³-hybridized carbons (Fsp3) is 0.348. The summed E-state index contributed by atoms with van der Waals surface area (Å²) >= 11 is 0. The van der Waals surface area contributed by atoms with Crippen molar-refractivity contribution in [2.75, 3.05) is 25.8 Å². The lowest BCUT2D eigenvalue weighted by Gasteiger charge is -2.35. The van der Waals surface area contributed by atoms with Gasteiger partial charge in [-0.25, -0.2) is 13.4 Å². The molecule has 2 aromatic rings. The fourth-order valence-electron chi connectivity index (χ4n) is 3.51. The van der Waals surface area contributed by atoms with Gasteiger partial charge in [-0.3, -0.25) is 5.73 Å². The van der Waals surface area contributed by atoms with Gasteiger partial charge in [0, 0.05) is 11.5 Å². The van der Waals surface area contributed by atoms with E-state index in [1.54, 1.807) is 19.4 Å². The molecule has 13 heteroatoms. The van der Waals surface area contributed by atoms with E-state index in [0.29, 0.717) is 11.5 Å². The van der Waals surface area contributed by atoms with Gasteiger partial charge >= 0.3 is 6.18 Å². The van der Waals surface area contributed by atoms with Gasteiger partial charge in [-0.1, -0.05) is 18.2 Å². The molecule has 3 rings (SSSR count). The highest BCUT2D eigenvalue weighted by atomic mass is 32.2. The number of benzene rings is 2. The Bertz CT molecular complexity index is 1380. The molecule has 0 radical (unpaired) electrons. The van der Waals surface area contributed by atoms with Crippen molar-refractivity contribution >= 4 is 34.2 Å². The van der Waals surface area contributed by atoms with Crippen LogP contribution >= 0.6 is 7.14 Å². The van der Waals surface area contributed by atoms with Crippen LogP contribution in [0.4, 0.5) is 18.9 Å². The SMILES string of the molecule is COc1cc(P(C)(C)=O)ccc1C1(N)N=CC(C(F)(F)F)=C(Nc2ccccc2S(=O)(=O)C(C)C)N1. The van der Waals surface area contributed by atoms with Crippen molar-refractivity contribution in [3.8, 4) is 5.75 Å². The first-order valence-electron chi connectivity index (χ1n) is 10.8. The molecule has 8 nitrogen and oxygen atoms in total. The summed E-state index contributed by atoms with van der Waals surface area (Å²) in [4.78, 5) is 3.77. The van der Waals surface area contributed by atoms with E-state index in [2.05, 4.69) is 15.6 Å². The highest BCUT2D eigenvalue weighted by Crippen LogP contribution is 2.39. The molecule has 0 bridgehead atoms. The second kappa shape index (κ2) is 9.57. The number of para-hydroxylation sites is 1. The van der Waals surface area contributed by atoms with Crippen molar-refractivity contribution in [2.24, 2.45) is 10.7 Å². The third-order valence-corrected chi connectivity index (χ3v) is 9.31. The molecular formula is C23H28F3N4O4PS. The summed E-state index contributed by atoms with van der Waals surface area (Å²) in [6.45, 7) is 6.09. The number of aliphatic imine (C=N–C) groups is 1. The molecule has 1 aliphatic rings. The van der Waals surface area contributed by atoms with Crippen LogP contribution in [0.3, 0.4) is 0 Å². The molecule has 0 saturated heterocycles. The minimum absolute atomic E-state index is 0.0617. The van der Waals surface area contributed by atoms with Gasteiger partial charge in [0.2, 0.25) is 5.79 Å². The molecule has 1 heterocycles. The van der Waals surface area contributed by atoms with Crippen LogP contribution in [0.15, 0.2) is 63.7 Å². The van der Waals surface area contributed by atoms with E-state index in [1.807, 2.05) is 0 Å². The van der Waals surface area contributed by atoms with Crippen LogP contribution in [-0.4, -0.2) is 46.5 Å². The summed E-state index contributed by atoms with van der Waals surface area (Å²) in [5.74, 6) is -2.34. The smallest absolute Gasteiger partial charge is 0.421 e. The topological polar surface area (TPSA) is 123 Å². The van der Waals surface area contributed by atoms with Crippen LogP contribution in [0.2, 0.25) is 0 Å². The summed E-state index contributed by atoms with van der Waals surface area (Å²) < 4.78 is 85.2. The van der Waals surface area contributed by atoms with Gasteiger partial charge in [-0.2, -0.15) is 13.2 Å². The molecular weight excluding hydrogens is 516 g/mol. The Labute approximate surface area is 208 Å². The fourth-order valence-corrected chi connectivity index (χ4v) is 5.57. The predicted octanol–water partition coefficient (Wildman–Crippen LogP) is 3.75. The summed E-state index contributed by atoms with van der Waals surface area (Å²) in [6, 6.07) is 10.2. The minimum Gasteiger partial charge on any atom is -0.496 e. The van der Waals surface area contributed by atoms with E-state index >= 15 is 0 Å². The quantitative estimate of drug-likeness (QED) is 0.454. The molecule has 2 aromatic carbocycles. The third kappa shape index (κ3) is 5.45. The molecule has 0 spiro atoms. The lowest BCUT2D eigenvalue weighted by molar-refractivity contribution is -0.0871. The number of halogens is 3. The number of hydrogen-bond acceptors (Lipinski definition) is 8. The summed E-state index contributed by atoms with van der Waals surface area (Å²) in [5, 5.41) is 4.84. The van der Waals surface area contributed by atoms with Crippen molar-refractivity contribution in [2.45, 2.75) is 36.0 Å². The first kappa shape index (κ1) is 27.8. The molecule has 1 unspecified atom stereocenters. The number of nitrogens with two attached hydrogens (primary N) is 1. The van der Waals surface area contributed by atoms with Gasteiger partial charge in [0.1, 0.15) is 24.3 Å². The Morgan fingerprint density at radius 3 is 2.36 bits per heavy atom. The number of nitrogens with zero attached hydrogens (tertiary/aromatic N) is 1. The second-order valence-electron chi connectivity index (χ2n) is 8.89. The van der Waals surface area contributed by atoms with Gasteiger partial charge in [0.15, 0.2) is 9.84 Å². The molecule has 0 fully saturated rings. The van der Waals surface area contributed by atoms with Crippen LogP contribution in [0.5, 0.6) is 5.75 Å². The van der Waals surface area contributed by atoms with Crippen LogP contribution in [-0.2, 0) is 20.2 Å². The zero-order valence-corrected chi connectivity index (χ0v) is 22.1. The number of allylic oxidation sites excluding steroid dienone is 1. The summed E-state index contributed by atoms with van der Waals surface area (Å²) in [6.07, 6.45) is -4.26. The van der Waals surface area contributed by atoms with E-state index in [0.717, 1.165) is 0 Å². The lowest BCUT2D eigenvalue weighted by Crippen LogP contribution is -2.53. The number of ether oxygens (including phenoxy) is 1. The molecule has 0 aromatic heterocycles. The van der Waals surface area contributed by atoms with Crippen LogP contribution in [0, 0.1) is 0 Å². The summed E-state index contributed by atoms with van der Waals surface area (Å²) in [7, 11) is -5.15. The van der Waals surface area contributed by atoms with Gasteiger partial charge in [-0.05, 0) is 51.4 Å². The van der Waals surface area contributed by atoms with Crippen molar-refractivity contribution in [1.29, 1.82) is 0 Å². The monoisotopic (exact) mass is 544 g/mol. The molecule has 36 heavy (non-hydrogen) atoms. The van der Waals surface area contributed by atoms with Gasteiger partial charge in [0.25, 0.3) is 0 Å². The largest absolute Gasteiger partial charge is 0.496 e. The van der Waals surface area contributed by atoms with Gasteiger partial charge in [0.05, 0.1) is 28.5 Å². The zero-order valence-electron chi connectivity index (χ0n) is 20.3. The normalized spacial score (nSPS) is 18.8. The van der Waals surface area contributed by atoms with Crippen molar-refractivity contribution in [1.82, 2.24) is 5.32 Å². The van der Waals surface area contributed by atoms with Gasteiger partial charge < -0.3 is 19.9 Å². The standard InChI is InChI=1S/C23H28F3N4O4PS/c1-14(2)36(32,33)20-9-7-6-8-18(20)29-21-17(22(24,25)26)13-28-23(27,30-21)16-11-10-15(35(4,5)31)12-19(16)34-3/h6-14,29-30H,27H2,1-5H3. The number of alkyl halides is 3. The third-order valence-electron chi connectivity index (χ3n) is 5.58. The minimum atomic E-state index is -4.84. The Morgan fingerprint density at radius 1 is 1.17 bits per heavy atom. The molecule has 1 atom stereocenters. The number of rotatable bonds is 7. The van der Waals surface area contributed by atoms with Crippen LogP contribution in [0.1, 0.15) is 19.4 Å². The lowest BCUT2D eigenvalue weighted by atomic mass is 10.0. The Morgan fingerprint density at radius 2 is 1.81 bits per heavy atom. The zero-order chi connectivity index (χ0) is 27.1. The predicted molar refractivity (Wildman–Crippen MR) is 135 cm³/mol. The Kier molecular flexibility index (Phi) is 7.38. The molecule has 0 amide bonds. The van der Waals surface area contributed by atoms with Gasteiger partial charge in [-0.15, -0.1) is 0 Å². The average Bonchev–Trinajstić information content (AvgIpc) is 2.77. The number of hydrogen-bond donors (Lipinski definition) is 3. The molecule has 0 saturated carbocycles. The van der Waals surface area contributed by atoms with E-state index in [-0.39, 0.29) is 21.9 Å². The summed E-state index contributed by atoms with van der Waals surface area (Å²) in [5.41, 5.74) is 5.36. The first-order chi connectivity index (χ1) is 16.5. The Hall–Kier alpha value is -2.82. The first-order valence-corrected chi connectivity index (χ1v) is 14.9. The van der Waals surface area contributed by atoms with E-state index in [1.165, 1.54) is 57.4 Å². The van der Waals surface area contributed by atoms with E-state index < -0.39 is 45.6 Å². The molecule has 0 aliphatic carbocycles. The van der Waals surface area contributed by atoms with Crippen molar-refractivity contribution < 1.29 is 30.9 Å². The van der Waals surface area contributed by atoms with Crippen molar-refractivity contribution in [3.05, 3.63) is 59.4 Å². The number of methoxy groups -OCH3 is 1. The maximum absolute atomic E-state index is 13.9. The number of nitrogens with one attached hydrogen (secondary N) is 2. The average molecular weight is 545 g/mol. The Balaban J connectivity index is 2.13. The highest BCUT2D eigenvalue weighted by Gasteiger charge is 2.43. The second-order valence-corrected chi connectivity index (χ2v) is 14.6. The maximum Gasteiger partial charge on any atom is 0.421 e. The molecule has 4 N–H and O–H groups in total. The van der Waals surface area contributed by atoms with Crippen LogP contribution < -0.4 is 26.4 Å². The molecule has 1 aliphatic heterocycles. The molecule has 196 valence electrons.